The second-order valence-corrected chi connectivity index (χ2v) is 6.25. The minimum absolute atomic E-state index is 0.00923. The molecular formula is C20H22ClNO3. The summed E-state index contributed by atoms with van der Waals surface area (Å²) >= 11 is 5.83. The number of hydrogen-bond acceptors (Lipinski definition) is 3. The van der Waals surface area contributed by atoms with Crippen LogP contribution in [-0.4, -0.2) is 36.8 Å². The van der Waals surface area contributed by atoms with Crippen molar-refractivity contribution in [3.63, 3.8) is 0 Å². The number of carbonyl (C=O) groups excluding carboxylic acids is 2. The summed E-state index contributed by atoms with van der Waals surface area (Å²) in [5, 5.41) is 0.592. The first kappa shape index (κ1) is 19.0. The molecule has 0 aliphatic heterocycles. The van der Waals surface area contributed by atoms with Crippen LogP contribution in [0.2, 0.25) is 5.02 Å². The van der Waals surface area contributed by atoms with Gasteiger partial charge >= 0.3 is 0 Å². The van der Waals surface area contributed by atoms with E-state index in [1.807, 2.05) is 0 Å². The molecule has 2 aromatic carbocycles. The lowest BCUT2D eigenvalue weighted by molar-refractivity contribution is -0.132. The Morgan fingerprint density at radius 2 is 1.56 bits per heavy atom. The molecule has 0 saturated carbocycles. The van der Waals surface area contributed by atoms with E-state index in [0.717, 1.165) is 19.4 Å². The second-order valence-electron chi connectivity index (χ2n) is 5.82. The highest BCUT2D eigenvalue weighted by molar-refractivity contribution is 6.30. The van der Waals surface area contributed by atoms with Gasteiger partial charge in [-0.25, -0.2) is 0 Å². The lowest BCUT2D eigenvalue weighted by atomic mass is 10.0. The quantitative estimate of drug-likeness (QED) is 0.663. The van der Waals surface area contributed by atoms with Crippen LogP contribution in [-0.2, 0) is 4.79 Å². The summed E-state index contributed by atoms with van der Waals surface area (Å²) in [7, 11) is 1.77. The van der Waals surface area contributed by atoms with Crippen LogP contribution in [0.1, 0.15) is 35.7 Å². The van der Waals surface area contributed by atoms with Crippen LogP contribution in [0.5, 0.6) is 5.75 Å². The third-order valence-electron chi connectivity index (χ3n) is 3.86. The molecule has 1 amide bonds. The number of ketones is 1. The molecule has 4 nitrogen and oxygen atoms in total. The molecule has 0 spiro atoms. The van der Waals surface area contributed by atoms with Gasteiger partial charge < -0.3 is 9.64 Å². The molecule has 0 bridgehead atoms. The van der Waals surface area contributed by atoms with Gasteiger partial charge in [0.15, 0.2) is 12.4 Å². The highest BCUT2D eigenvalue weighted by Gasteiger charge is 2.11. The van der Waals surface area contributed by atoms with E-state index in [9.17, 15) is 9.59 Å². The predicted octanol–water partition coefficient (Wildman–Crippen LogP) is 4.21. The Kier molecular flexibility index (Phi) is 7.02. The van der Waals surface area contributed by atoms with Gasteiger partial charge in [-0.1, -0.05) is 24.9 Å². The minimum Gasteiger partial charge on any atom is -0.484 e. The third-order valence-corrected chi connectivity index (χ3v) is 4.11. The fourth-order valence-corrected chi connectivity index (χ4v) is 2.37. The number of carbonyl (C=O) groups is 2. The SMILES string of the molecule is CCCCN(C)C(=O)COc1ccc(C(=O)c2ccc(Cl)cc2)cc1. The lowest BCUT2D eigenvalue weighted by Gasteiger charge is -2.17. The Labute approximate surface area is 153 Å². The van der Waals surface area contributed by atoms with E-state index in [0.29, 0.717) is 21.9 Å². The Morgan fingerprint density at radius 3 is 2.12 bits per heavy atom. The molecule has 0 heterocycles. The Bertz CT molecular complexity index is 711. The fourth-order valence-electron chi connectivity index (χ4n) is 2.25. The van der Waals surface area contributed by atoms with Gasteiger partial charge in [0.25, 0.3) is 5.91 Å². The van der Waals surface area contributed by atoms with E-state index in [2.05, 4.69) is 6.92 Å². The van der Waals surface area contributed by atoms with Crippen molar-refractivity contribution in [3.8, 4) is 5.75 Å². The summed E-state index contributed by atoms with van der Waals surface area (Å²) in [5.41, 5.74) is 1.13. The van der Waals surface area contributed by atoms with Crippen LogP contribution in [0.15, 0.2) is 48.5 Å². The number of likely N-dealkylation sites (N-methyl/N-ethyl adjacent to an activating group) is 1. The van der Waals surface area contributed by atoms with Crippen molar-refractivity contribution in [1.82, 2.24) is 4.90 Å². The summed E-state index contributed by atoms with van der Waals surface area (Å²) in [4.78, 5) is 26.0. The number of halogens is 1. The van der Waals surface area contributed by atoms with Crippen molar-refractivity contribution in [2.45, 2.75) is 19.8 Å². The zero-order valence-electron chi connectivity index (χ0n) is 14.5. The molecule has 2 rings (SSSR count). The van der Waals surface area contributed by atoms with E-state index in [-0.39, 0.29) is 18.3 Å². The Balaban J connectivity index is 1.92. The molecular weight excluding hydrogens is 338 g/mol. The largest absolute Gasteiger partial charge is 0.484 e. The summed E-state index contributed by atoms with van der Waals surface area (Å²) in [6.45, 7) is 2.81. The normalized spacial score (nSPS) is 10.4. The van der Waals surface area contributed by atoms with Gasteiger partial charge in [0.05, 0.1) is 0 Å². The summed E-state index contributed by atoms with van der Waals surface area (Å²) in [6, 6.07) is 13.5. The van der Waals surface area contributed by atoms with Gasteiger partial charge in [-0.15, -0.1) is 0 Å². The maximum Gasteiger partial charge on any atom is 0.260 e. The van der Waals surface area contributed by atoms with Gasteiger partial charge in [0.1, 0.15) is 5.75 Å². The highest BCUT2D eigenvalue weighted by atomic mass is 35.5. The predicted molar refractivity (Wildman–Crippen MR) is 99.4 cm³/mol. The van der Waals surface area contributed by atoms with Crippen LogP contribution in [0.25, 0.3) is 0 Å². The van der Waals surface area contributed by atoms with Crippen molar-refractivity contribution >= 4 is 23.3 Å². The van der Waals surface area contributed by atoms with E-state index >= 15 is 0 Å². The second kappa shape index (κ2) is 9.23. The van der Waals surface area contributed by atoms with Crippen molar-refractivity contribution in [1.29, 1.82) is 0 Å². The van der Waals surface area contributed by atoms with Crippen LogP contribution in [0, 0.1) is 0 Å². The molecule has 0 aliphatic carbocycles. The summed E-state index contributed by atoms with van der Waals surface area (Å²) < 4.78 is 5.51. The lowest BCUT2D eigenvalue weighted by Crippen LogP contribution is -2.32. The highest BCUT2D eigenvalue weighted by Crippen LogP contribution is 2.17. The fraction of sp³-hybridized carbons (Fsp3) is 0.300. The van der Waals surface area contributed by atoms with Crippen molar-refractivity contribution in [3.05, 3.63) is 64.7 Å². The molecule has 5 heteroatoms. The van der Waals surface area contributed by atoms with Crippen LogP contribution in [0.4, 0.5) is 0 Å². The molecule has 0 atom stereocenters. The first-order valence-electron chi connectivity index (χ1n) is 8.28. The molecule has 0 aliphatic rings. The van der Waals surface area contributed by atoms with Gasteiger partial charge in [-0.05, 0) is 55.0 Å². The zero-order valence-corrected chi connectivity index (χ0v) is 15.3. The topological polar surface area (TPSA) is 46.6 Å². The van der Waals surface area contributed by atoms with E-state index < -0.39 is 0 Å². The monoisotopic (exact) mass is 359 g/mol. The summed E-state index contributed by atoms with van der Waals surface area (Å²) in [6.07, 6.45) is 2.02. The van der Waals surface area contributed by atoms with Gasteiger partial charge in [0, 0.05) is 29.7 Å². The van der Waals surface area contributed by atoms with Crippen LogP contribution < -0.4 is 4.74 Å². The van der Waals surface area contributed by atoms with E-state index in [4.69, 9.17) is 16.3 Å². The maximum absolute atomic E-state index is 12.4. The van der Waals surface area contributed by atoms with Gasteiger partial charge in [-0.3, -0.25) is 9.59 Å². The molecule has 132 valence electrons. The number of benzene rings is 2. The Morgan fingerprint density at radius 1 is 1.00 bits per heavy atom. The van der Waals surface area contributed by atoms with Crippen LogP contribution in [0.3, 0.4) is 0 Å². The number of rotatable bonds is 8. The average molecular weight is 360 g/mol. The molecule has 25 heavy (non-hydrogen) atoms. The molecule has 0 radical (unpaired) electrons. The number of hydrogen-bond donors (Lipinski definition) is 0. The van der Waals surface area contributed by atoms with E-state index in [1.165, 1.54) is 0 Å². The number of ether oxygens (including phenoxy) is 1. The molecule has 0 aromatic heterocycles. The number of nitrogens with zero attached hydrogens (tertiary/aromatic N) is 1. The van der Waals surface area contributed by atoms with Crippen molar-refractivity contribution < 1.29 is 14.3 Å². The molecule has 0 unspecified atom stereocenters. The minimum atomic E-state index is -0.0846. The molecule has 0 saturated heterocycles. The van der Waals surface area contributed by atoms with Crippen LogP contribution >= 0.6 is 11.6 Å². The molecule has 0 N–H and O–H groups in total. The zero-order chi connectivity index (χ0) is 18.2. The molecule has 0 fully saturated rings. The van der Waals surface area contributed by atoms with Crippen molar-refractivity contribution in [2.24, 2.45) is 0 Å². The smallest absolute Gasteiger partial charge is 0.260 e. The van der Waals surface area contributed by atoms with Gasteiger partial charge in [0.2, 0.25) is 0 Å². The summed E-state index contributed by atoms with van der Waals surface area (Å²) in [5.74, 6) is 0.415. The maximum atomic E-state index is 12.4. The number of unbranched alkanes of at least 4 members (excludes halogenated alkanes) is 1. The van der Waals surface area contributed by atoms with Gasteiger partial charge in [-0.2, -0.15) is 0 Å². The van der Waals surface area contributed by atoms with Crippen molar-refractivity contribution in [2.75, 3.05) is 20.2 Å². The molecule has 2 aromatic rings. The standard InChI is InChI=1S/C20H22ClNO3/c1-3-4-13-22(2)19(23)14-25-18-11-7-16(8-12-18)20(24)15-5-9-17(21)10-6-15/h5-12H,3-4,13-14H2,1-2H3. The average Bonchev–Trinajstić information content (AvgIpc) is 2.64. The number of amides is 1. The van der Waals surface area contributed by atoms with E-state index in [1.54, 1.807) is 60.5 Å². The Hall–Kier alpha value is -2.33. The first-order chi connectivity index (χ1) is 12.0. The first-order valence-corrected chi connectivity index (χ1v) is 8.66. The third kappa shape index (κ3) is 5.61.